The lowest BCUT2D eigenvalue weighted by Gasteiger charge is -2.18. The molecule has 7 nitrogen and oxygen atoms in total. The highest BCUT2D eigenvalue weighted by Gasteiger charge is 2.26. The van der Waals surface area contributed by atoms with Gasteiger partial charge in [0.1, 0.15) is 9.88 Å². The maximum absolute atomic E-state index is 12.2. The van der Waals surface area contributed by atoms with Gasteiger partial charge in [0.05, 0.1) is 11.6 Å². The normalized spacial score (nSPS) is 12.9. The number of rotatable bonds is 6. The van der Waals surface area contributed by atoms with Gasteiger partial charge >= 0.3 is 5.97 Å². The first kappa shape index (κ1) is 17.2. The van der Waals surface area contributed by atoms with E-state index in [-0.39, 0.29) is 19.2 Å². The molecule has 0 unspecified atom stereocenters. The highest BCUT2D eigenvalue weighted by molar-refractivity contribution is 7.16. The summed E-state index contributed by atoms with van der Waals surface area (Å²) in [4.78, 5) is 28.0. The Morgan fingerprint density at radius 1 is 1.32 bits per heavy atom. The summed E-state index contributed by atoms with van der Waals surface area (Å²) in [5.41, 5.74) is -0.0289. The van der Waals surface area contributed by atoms with E-state index in [4.69, 9.17) is 14.6 Å². The molecule has 2 N–H and O–H groups in total. The van der Waals surface area contributed by atoms with Crippen LogP contribution in [0.1, 0.15) is 29.9 Å². The van der Waals surface area contributed by atoms with Crippen LogP contribution in [-0.2, 0) is 4.79 Å². The van der Waals surface area contributed by atoms with Crippen molar-refractivity contribution in [3.05, 3.63) is 29.3 Å². The Kier molecular flexibility index (Phi) is 4.63. The third kappa shape index (κ3) is 3.74. The lowest BCUT2D eigenvalue weighted by Crippen LogP contribution is -2.31. The Labute approximate surface area is 148 Å². The van der Waals surface area contributed by atoms with E-state index in [1.165, 1.54) is 17.5 Å². The number of ether oxygens (including phenoxy) is 2. The van der Waals surface area contributed by atoms with Crippen LogP contribution in [0.25, 0.3) is 10.6 Å². The summed E-state index contributed by atoms with van der Waals surface area (Å²) < 4.78 is 10.6. The molecule has 0 bridgehead atoms. The third-order valence-electron chi connectivity index (χ3n) is 3.96. The van der Waals surface area contributed by atoms with Gasteiger partial charge in [-0.05, 0) is 38.5 Å². The fourth-order valence-corrected chi connectivity index (χ4v) is 3.05. The van der Waals surface area contributed by atoms with Crippen LogP contribution in [0.2, 0.25) is 0 Å². The molecule has 1 amide bonds. The molecule has 8 heteroatoms. The molecule has 0 spiro atoms. The van der Waals surface area contributed by atoms with Crippen molar-refractivity contribution in [3.8, 4) is 22.1 Å². The number of carbonyl (C=O) groups excluding carboxylic acids is 1. The van der Waals surface area contributed by atoms with E-state index in [1.54, 1.807) is 13.8 Å². The minimum atomic E-state index is -0.885. The molecule has 2 heterocycles. The molecule has 0 atom stereocenters. The van der Waals surface area contributed by atoms with Crippen LogP contribution in [0, 0.1) is 5.41 Å². The number of aromatic nitrogens is 1. The number of thiazole rings is 1. The van der Waals surface area contributed by atoms with E-state index in [9.17, 15) is 9.59 Å². The van der Waals surface area contributed by atoms with Crippen LogP contribution in [0.5, 0.6) is 11.5 Å². The second kappa shape index (κ2) is 6.72. The summed E-state index contributed by atoms with van der Waals surface area (Å²) in [5.74, 6) is 0.212. The molecule has 0 saturated heterocycles. The molecule has 1 aliphatic rings. The first-order valence-corrected chi connectivity index (χ1v) is 8.56. The van der Waals surface area contributed by atoms with Crippen molar-refractivity contribution in [2.45, 2.75) is 20.3 Å². The zero-order valence-electron chi connectivity index (χ0n) is 13.9. The average molecular weight is 362 g/mol. The number of aliphatic carboxylic acids is 1. The van der Waals surface area contributed by atoms with Crippen LogP contribution in [0.3, 0.4) is 0 Å². The van der Waals surface area contributed by atoms with Gasteiger partial charge in [0.15, 0.2) is 11.5 Å². The number of carboxylic acid groups (broad SMARTS) is 1. The fraction of sp³-hybridized carbons (Fsp3) is 0.353. The lowest BCUT2D eigenvalue weighted by molar-refractivity contribution is -0.147. The van der Waals surface area contributed by atoms with Crippen molar-refractivity contribution < 1.29 is 24.2 Å². The first-order valence-electron chi connectivity index (χ1n) is 7.74. The minimum absolute atomic E-state index is 0.205. The van der Waals surface area contributed by atoms with Gasteiger partial charge < -0.3 is 19.9 Å². The summed E-state index contributed by atoms with van der Waals surface area (Å²) in [5, 5.41) is 12.5. The predicted molar refractivity (Wildman–Crippen MR) is 92.0 cm³/mol. The molecule has 0 aliphatic carbocycles. The Bertz CT molecular complexity index is 815. The topological polar surface area (TPSA) is 97.8 Å². The van der Waals surface area contributed by atoms with Crippen molar-refractivity contribution >= 4 is 23.2 Å². The highest BCUT2D eigenvalue weighted by atomic mass is 32.1. The quantitative estimate of drug-likeness (QED) is 0.820. The molecule has 1 aliphatic heterocycles. The van der Waals surface area contributed by atoms with Crippen LogP contribution < -0.4 is 14.8 Å². The van der Waals surface area contributed by atoms with Crippen molar-refractivity contribution in [1.29, 1.82) is 0 Å². The van der Waals surface area contributed by atoms with Crippen LogP contribution in [0.4, 0.5) is 0 Å². The van der Waals surface area contributed by atoms with Gasteiger partial charge in [-0.3, -0.25) is 9.59 Å². The third-order valence-corrected chi connectivity index (χ3v) is 5.01. The van der Waals surface area contributed by atoms with E-state index in [1.807, 2.05) is 18.2 Å². The molecule has 1 aromatic carbocycles. The molecular formula is C17H18N2O5S. The Balaban J connectivity index is 1.63. The minimum Gasteiger partial charge on any atom is -0.481 e. The highest BCUT2D eigenvalue weighted by Crippen LogP contribution is 2.36. The standard InChI is InChI=1S/C17H18N2O5S/c1-17(2,16(21)22)5-6-18-14(20)13-8-19-15(25-13)10-3-4-11-12(7-10)24-9-23-11/h3-4,7-8H,5-6,9H2,1-2H3,(H,18,20)(H,21,22). The smallest absolute Gasteiger partial charge is 0.309 e. The number of hydrogen-bond donors (Lipinski definition) is 2. The van der Waals surface area contributed by atoms with E-state index in [0.717, 1.165) is 5.56 Å². The predicted octanol–water partition coefficient (Wildman–Crippen LogP) is 2.77. The van der Waals surface area contributed by atoms with Gasteiger partial charge in [-0.2, -0.15) is 0 Å². The van der Waals surface area contributed by atoms with Gasteiger partial charge in [0.2, 0.25) is 6.79 Å². The Morgan fingerprint density at radius 3 is 2.84 bits per heavy atom. The average Bonchev–Trinajstić information content (AvgIpc) is 3.23. The SMILES string of the molecule is CC(C)(CCNC(=O)c1cnc(-c2ccc3c(c2)OCO3)s1)C(=O)O. The summed E-state index contributed by atoms with van der Waals surface area (Å²) in [6.07, 6.45) is 1.87. The largest absolute Gasteiger partial charge is 0.481 e. The molecule has 0 saturated carbocycles. The van der Waals surface area contributed by atoms with Gasteiger partial charge in [0.25, 0.3) is 5.91 Å². The van der Waals surface area contributed by atoms with E-state index in [2.05, 4.69) is 10.3 Å². The van der Waals surface area contributed by atoms with E-state index < -0.39 is 11.4 Å². The number of nitrogens with zero attached hydrogens (tertiary/aromatic N) is 1. The zero-order chi connectivity index (χ0) is 18.0. The number of nitrogens with one attached hydrogen (secondary N) is 1. The molecule has 0 radical (unpaired) electrons. The molecule has 0 fully saturated rings. The van der Waals surface area contributed by atoms with Crippen LogP contribution in [0.15, 0.2) is 24.4 Å². The van der Waals surface area contributed by atoms with Crippen LogP contribution in [-0.4, -0.2) is 35.3 Å². The summed E-state index contributed by atoms with van der Waals surface area (Å²) in [6.45, 7) is 3.75. The van der Waals surface area contributed by atoms with E-state index in [0.29, 0.717) is 27.8 Å². The number of amides is 1. The first-order chi connectivity index (χ1) is 11.9. The fourth-order valence-electron chi connectivity index (χ4n) is 2.22. The molecule has 1 aromatic heterocycles. The van der Waals surface area contributed by atoms with Crippen molar-refractivity contribution in [1.82, 2.24) is 10.3 Å². The van der Waals surface area contributed by atoms with Crippen molar-refractivity contribution in [2.24, 2.45) is 5.41 Å². The summed E-state index contributed by atoms with van der Waals surface area (Å²) >= 11 is 1.27. The van der Waals surface area contributed by atoms with Gasteiger partial charge in [-0.25, -0.2) is 4.98 Å². The van der Waals surface area contributed by atoms with Crippen molar-refractivity contribution in [3.63, 3.8) is 0 Å². The molecule has 132 valence electrons. The molecule has 3 rings (SSSR count). The van der Waals surface area contributed by atoms with Gasteiger partial charge in [-0.15, -0.1) is 11.3 Å². The number of carbonyl (C=O) groups is 2. The molecule has 25 heavy (non-hydrogen) atoms. The van der Waals surface area contributed by atoms with Crippen LogP contribution >= 0.6 is 11.3 Å². The number of hydrogen-bond acceptors (Lipinski definition) is 6. The maximum atomic E-state index is 12.2. The monoisotopic (exact) mass is 362 g/mol. The zero-order valence-corrected chi connectivity index (χ0v) is 14.7. The van der Waals surface area contributed by atoms with E-state index >= 15 is 0 Å². The second-order valence-corrected chi connectivity index (χ2v) is 7.32. The van der Waals surface area contributed by atoms with Gasteiger partial charge in [-0.1, -0.05) is 0 Å². The molecular weight excluding hydrogens is 344 g/mol. The summed E-state index contributed by atoms with van der Waals surface area (Å²) in [7, 11) is 0. The number of fused-ring (bicyclic) bond motifs is 1. The second-order valence-electron chi connectivity index (χ2n) is 6.29. The lowest BCUT2D eigenvalue weighted by atomic mass is 9.90. The molecule has 2 aromatic rings. The summed E-state index contributed by atoms with van der Waals surface area (Å²) in [6, 6.07) is 5.51. The number of carboxylic acids is 1. The Hall–Kier alpha value is -2.61. The number of benzene rings is 1. The maximum Gasteiger partial charge on any atom is 0.309 e. The van der Waals surface area contributed by atoms with Crippen molar-refractivity contribution in [2.75, 3.05) is 13.3 Å². The van der Waals surface area contributed by atoms with Gasteiger partial charge in [0, 0.05) is 12.1 Å². The Morgan fingerprint density at radius 2 is 2.08 bits per heavy atom.